The molecule has 8 nitrogen and oxygen atoms in total. The molecule has 1 aromatic rings. The smallest absolute Gasteiger partial charge is 0.407 e. The van der Waals surface area contributed by atoms with Crippen LogP contribution in [0.3, 0.4) is 0 Å². The van der Waals surface area contributed by atoms with Gasteiger partial charge in [0.25, 0.3) is 0 Å². The van der Waals surface area contributed by atoms with Gasteiger partial charge in [-0.3, -0.25) is 4.79 Å². The maximum atomic E-state index is 13.2. The molecule has 6 atom stereocenters. The maximum Gasteiger partial charge on any atom is 0.407 e. The summed E-state index contributed by atoms with van der Waals surface area (Å²) in [4.78, 5) is 27.2. The number of fused-ring (bicyclic) bond motifs is 5. The molecule has 3 heterocycles. The second kappa shape index (κ2) is 11.1. The quantitative estimate of drug-likeness (QED) is 0.549. The summed E-state index contributed by atoms with van der Waals surface area (Å²) >= 11 is 6.62. The van der Waals surface area contributed by atoms with E-state index < -0.39 is 11.7 Å². The van der Waals surface area contributed by atoms with Gasteiger partial charge in [-0.15, -0.1) is 0 Å². The largest absolute Gasteiger partial charge is 0.495 e. The van der Waals surface area contributed by atoms with Crippen molar-refractivity contribution < 1.29 is 28.5 Å². The summed E-state index contributed by atoms with van der Waals surface area (Å²) < 4.78 is 23.0. The molecule has 0 spiro atoms. The number of epoxide rings is 1. The molecular formula is C28H37ClN2O6. The molecule has 9 heteroatoms. The second-order valence-corrected chi connectivity index (χ2v) is 10.9. The SMILES string of the molecule is COc1cc2cc(c1Cl)N(C)C(=O)CC[C@]1(C)O[C@H]1[C@H](C)[C@@H]1CC(NC(=O)O1)[C@H](OC)/C=C/C=C(\C)C2. The zero-order valence-corrected chi connectivity index (χ0v) is 23.1. The molecule has 2 saturated heterocycles. The number of alkyl carbamates (subject to hydrolysis) is 1. The fourth-order valence-electron chi connectivity index (χ4n) is 5.41. The number of ether oxygens (including phenoxy) is 4. The van der Waals surface area contributed by atoms with Crippen LogP contribution in [-0.4, -0.2) is 63.2 Å². The monoisotopic (exact) mass is 532 g/mol. The number of halogens is 1. The minimum absolute atomic E-state index is 0.0347. The number of carbonyl (C=O) groups is 2. The summed E-state index contributed by atoms with van der Waals surface area (Å²) in [6, 6.07) is 3.61. The number of carbonyl (C=O) groups excluding carboxylic acids is 2. The van der Waals surface area contributed by atoms with E-state index in [1.807, 2.05) is 51.1 Å². The van der Waals surface area contributed by atoms with Crippen LogP contribution < -0.4 is 15.0 Å². The number of amides is 2. The summed E-state index contributed by atoms with van der Waals surface area (Å²) in [6.07, 6.45) is 6.80. The molecule has 2 amide bonds. The molecule has 1 N–H and O–H groups in total. The van der Waals surface area contributed by atoms with Crippen LogP contribution >= 0.6 is 11.6 Å². The van der Waals surface area contributed by atoms with Crippen molar-refractivity contribution in [2.45, 2.75) is 76.4 Å². The highest BCUT2D eigenvalue weighted by Gasteiger charge is 2.57. The van der Waals surface area contributed by atoms with Gasteiger partial charge in [-0.2, -0.15) is 0 Å². The Hall–Kier alpha value is -2.55. The fourth-order valence-corrected chi connectivity index (χ4v) is 5.72. The van der Waals surface area contributed by atoms with E-state index in [0.29, 0.717) is 42.1 Å². The first kappa shape index (κ1) is 27.5. The Morgan fingerprint density at radius 2 is 2.00 bits per heavy atom. The van der Waals surface area contributed by atoms with Gasteiger partial charge in [-0.1, -0.05) is 42.3 Å². The molecule has 202 valence electrons. The molecule has 3 aliphatic rings. The average Bonchev–Trinajstić information content (AvgIpc) is 3.55. The molecule has 4 bridgehead atoms. The van der Waals surface area contributed by atoms with E-state index in [4.69, 9.17) is 30.5 Å². The molecule has 0 radical (unpaired) electrons. The van der Waals surface area contributed by atoms with Crippen molar-refractivity contribution in [2.75, 3.05) is 26.2 Å². The number of anilines is 1. The molecule has 4 rings (SSSR count). The Kier molecular flexibility index (Phi) is 8.21. The van der Waals surface area contributed by atoms with Gasteiger partial charge in [0, 0.05) is 32.9 Å². The molecule has 1 unspecified atom stereocenters. The molecule has 0 saturated carbocycles. The molecule has 1 aromatic carbocycles. The summed E-state index contributed by atoms with van der Waals surface area (Å²) in [6.45, 7) is 6.08. The third kappa shape index (κ3) is 5.97. The minimum atomic E-state index is -0.462. The zero-order chi connectivity index (χ0) is 26.9. The topological polar surface area (TPSA) is 89.6 Å². The lowest BCUT2D eigenvalue weighted by molar-refractivity contribution is -0.118. The molecule has 3 aliphatic heterocycles. The van der Waals surface area contributed by atoms with Crippen LogP contribution in [-0.2, 0) is 25.4 Å². The van der Waals surface area contributed by atoms with Crippen LogP contribution in [0.15, 0.2) is 35.9 Å². The van der Waals surface area contributed by atoms with E-state index in [1.54, 1.807) is 26.2 Å². The van der Waals surface area contributed by atoms with Crippen molar-refractivity contribution in [3.63, 3.8) is 0 Å². The van der Waals surface area contributed by atoms with Crippen molar-refractivity contribution in [1.29, 1.82) is 0 Å². The van der Waals surface area contributed by atoms with Crippen LogP contribution in [0.5, 0.6) is 5.75 Å². The number of hydrogen-bond donors (Lipinski definition) is 1. The highest BCUT2D eigenvalue weighted by molar-refractivity contribution is 6.35. The van der Waals surface area contributed by atoms with Gasteiger partial charge in [0.2, 0.25) is 5.91 Å². The Bertz CT molecular complexity index is 1100. The van der Waals surface area contributed by atoms with Gasteiger partial charge >= 0.3 is 6.09 Å². The summed E-state index contributed by atoms with van der Waals surface area (Å²) in [5.74, 6) is 0.429. The van der Waals surface area contributed by atoms with Gasteiger partial charge in [-0.05, 0) is 44.4 Å². The van der Waals surface area contributed by atoms with Crippen molar-refractivity contribution in [1.82, 2.24) is 5.32 Å². The van der Waals surface area contributed by atoms with Crippen molar-refractivity contribution in [3.05, 3.63) is 46.5 Å². The Labute approximate surface area is 223 Å². The highest BCUT2D eigenvalue weighted by Crippen LogP contribution is 2.47. The molecular weight excluding hydrogens is 496 g/mol. The number of nitrogens with zero attached hydrogens (tertiary/aromatic N) is 1. The normalized spacial score (nSPS) is 34.9. The predicted octanol–water partition coefficient (Wildman–Crippen LogP) is 4.83. The first-order valence-electron chi connectivity index (χ1n) is 12.7. The van der Waals surface area contributed by atoms with Gasteiger partial charge < -0.3 is 29.2 Å². The lowest BCUT2D eigenvalue weighted by atomic mass is 9.86. The standard InChI is InChI=1S/C28H37ClN2O6/c1-16-8-7-9-21(34-5)19-15-22(36-27(33)30-19)17(2)26-28(3,37-26)11-10-24(32)31(4)20-13-18(12-16)14-23(35-6)25(20)29/h7-9,13-14,17,19,21-22,26H,10-12,15H2,1-6H3,(H,30,33)/b9-7+,16-8+/t17-,19?,21-,22+,26+,28+/m1/s1. The Balaban J connectivity index is 1.68. The first-order valence-corrected chi connectivity index (χ1v) is 13.1. The van der Waals surface area contributed by atoms with Gasteiger partial charge in [0.05, 0.1) is 36.6 Å². The third-order valence-corrected chi connectivity index (χ3v) is 8.14. The van der Waals surface area contributed by atoms with Crippen LogP contribution in [0.2, 0.25) is 5.02 Å². The Morgan fingerprint density at radius 1 is 1.24 bits per heavy atom. The number of methoxy groups -OCH3 is 2. The number of nitrogens with one attached hydrogen (secondary N) is 1. The first-order chi connectivity index (χ1) is 17.6. The van der Waals surface area contributed by atoms with Gasteiger partial charge in [0.15, 0.2) is 0 Å². The van der Waals surface area contributed by atoms with E-state index in [0.717, 1.165) is 11.1 Å². The van der Waals surface area contributed by atoms with Crippen molar-refractivity contribution >= 4 is 29.3 Å². The Morgan fingerprint density at radius 3 is 2.70 bits per heavy atom. The maximum absolute atomic E-state index is 13.2. The number of benzene rings is 1. The predicted molar refractivity (Wildman–Crippen MR) is 142 cm³/mol. The van der Waals surface area contributed by atoms with Gasteiger partial charge in [-0.25, -0.2) is 4.79 Å². The van der Waals surface area contributed by atoms with Crippen LogP contribution in [0.4, 0.5) is 10.5 Å². The molecule has 2 fully saturated rings. The van der Waals surface area contributed by atoms with Crippen LogP contribution in [0, 0.1) is 5.92 Å². The molecule has 0 aliphatic carbocycles. The van der Waals surface area contributed by atoms with E-state index >= 15 is 0 Å². The van der Waals surface area contributed by atoms with E-state index in [2.05, 4.69) is 5.32 Å². The summed E-state index contributed by atoms with van der Waals surface area (Å²) in [5, 5.41) is 3.31. The lowest BCUT2D eigenvalue weighted by Gasteiger charge is -2.35. The highest BCUT2D eigenvalue weighted by atomic mass is 35.5. The number of allylic oxidation sites excluding steroid dienone is 3. The van der Waals surface area contributed by atoms with Gasteiger partial charge in [0.1, 0.15) is 16.9 Å². The second-order valence-electron chi connectivity index (χ2n) is 10.5. The average molecular weight is 533 g/mol. The summed E-state index contributed by atoms with van der Waals surface area (Å²) in [7, 11) is 4.94. The number of rotatable bonds is 2. The molecule has 0 aromatic heterocycles. The van der Waals surface area contributed by atoms with Crippen molar-refractivity contribution in [2.24, 2.45) is 5.92 Å². The van der Waals surface area contributed by atoms with Crippen LogP contribution in [0.25, 0.3) is 0 Å². The zero-order valence-electron chi connectivity index (χ0n) is 22.4. The number of hydrogen-bond acceptors (Lipinski definition) is 6. The summed E-state index contributed by atoms with van der Waals surface area (Å²) in [5.41, 5.74) is 2.22. The van der Waals surface area contributed by atoms with E-state index in [-0.39, 0.29) is 36.2 Å². The van der Waals surface area contributed by atoms with E-state index in [1.165, 1.54) is 0 Å². The third-order valence-electron chi connectivity index (χ3n) is 7.76. The van der Waals surface area contributed by atoms with Crippen molar-refractivity contribution in [3.8, 4) is 5.75 Å². The minimum Gasteiger partial charge on any atom is -0.495 e. The fraction of sp³-hybridized carbons (Fsp3) is 0.571. The van der Waals surface area contributed by atoms with E-state index in [9.17, 15) is 9.59 Å². The van der Waals surface area contributed by atoms with Crippen LogP contribution in [0.1, 0.15) is 45.6 Å². The lowest BCUT2D eigenvalue weighted by Crippen LogP contribution is -2.53. The molecule has 37 heavy (non-hydrogen) atoms.